The van der Waals surface area contributed by atoms with Gasteiger partial charge in [-0.15, -0.1) is 0 Å². The molecule has 4 rings (SSSR count). The van der Waals surface area contributed by atoms with Gasteiger partial charge in [0, 0.05) is 18.8 Å². The monoisotopic (exact) mass is 635 g/mol. The van der Waals surface area contributed by atoms with E-state index in [9.17, 15) is 0 Å². The average Bonchev–Trinajstić information content (AvgIpc) is 2.90. The number of anilines is 2. The van der Waals surface area contributed by atoms with Gasteiger partial charge in [-0.05, 0) is 95.6 Å². The molecule has 0 amide bonds. The van der Waals surface area contributed by atoms with Gasteiger partial charge in [-0.2, -0.15) is 0 Å². The minimum Gasteiger partial charge on any atom is -0.355 e. The third-order valence-electron chi connectivity index (χ3n) is 8.14. The van der Waals surface area contributed by atoms with Crippen molar-refractivity contribution in [2.75, 3.05) is 29.3 Å². The van der Waals surface area contributed by atoms with Crippen LogP contribution in [0, 0.1) is 11.3 Å². The number of hydrogen-bond donors (Lipinski definition) is 2. The van der Waals surface area contributed by atoms with Gasteiger partial charge in [-0.3, -0.25) is 14.7 Å². The number of fused-ring (bicyclic) bond motifs is 1. The van der Waals surface area contributed by atoms with Crippen LogP contribution in [0.15, 0.2) is 24.9 Å². The Morgan fingerprint density at radius 1 is 1.30 bits per heavy atom. The lowest BCUT2D eigenvalue weighted by molar-refractivity contribution is 0.212. The van der Waals surface area contributed by atoms with Gasteiger partial charge < -0.3 is 10.2 Å². The van der Waals surface area contributed by atoms with Gasteiger partial charge in [0.15, 0.2) is 5.82 Å². The molecule has 37 heavy (non-hydrogen) atoms. The zero-order valence-electron chi connectivity index (χ0n) is 22.8. The van der Waals surface area contributed by atoms with Crippen LogP contribution in [-0.2, 0) is 6.42 Å². The summed E-state index contributed by atoms with van der Waals surface area (Å²) in [6, 6.07) is 4.28. The van der Waals surface area contributed by atoms with Crippen LogP contribution >= 0.6 is 28.4 Å². The second-order valence-electron chi connectivity index (χ2n) is 11.5. The van der Waals surface area contributed by atoms with E-state index in [1.54, 1.807) is 4.78 Å². The smallest absolute Gasteiger partial charge is 0.172 e. The van der Waals surface area contributed by atoms with Crippen LogP contribution in [0.5, 0.6) is 0 Å². The Balaban J connectivity index is 1.58. The summed E-state index contributed by atoms with van der Waals surface area (Å²) in [6.07, 6.45) is 11.0. The summed E-state index contributed by atoms with van der Waals surface area (Å²) in [6.45, 7) is 16.2. The van der Waals surface area contributed by atoms with Crippen molar-refractivity contribution in [1.29, 1.82) is 0 Å². The van der Waals surface area contributed by atoms with Crippen molar-refractivity contribution in [3.8, 4) is 0 Å². The van der Waals surface area contributed by atoms with E-state index in [4.69, 9.17) is 20.8 Å². The van der Waals surface area contributed by atoms with Crippen molar-refractivity contribution in [2.45, 2.75) is 78.2 Å². The second kappa shape index (κ2) is 12.7. The topological polar surface area (TPSA) is 83.2 Å². The van der Waals surface area contributed by atoms with E-state index in [1.807, 2.05) is 12.3 Å². The minimum atomic E-state index is 0.0265. The van der Waals surface area contributed by atoms with Crippen LogP contribution in [0.2, 0.25) is 0 Å². The first-order chi connectivity index (χ1) is 17.7. The summed E-state index contributed by atoms with van der Waals surface area (Å²) in [5, 5.41) is 3.74. The van der Waals surface area contributed by atoms with Gasteiger partial charge in [0.2, 0.25) is 0 Å². The average molecular weight is 636 g/mol. The molecule has 2 aromatic rings. The molecule has 2 aliphatic heterocycles. The largest absolute Gasteiger partial charge is 0.355 e. The summed E-state index contributed by atoms with van der Waals surface area (Å²) < 4.78 is 1.76. The fourth-order valence-corrected chi connectivity index (χ4v) is 6.42. The highest BCUT2D eigenvalue weighted by Crippen LogP contribution is 2.39. The Morgan fingerprint density at radius 3 is 2.73 bits per heavy atom. The number of aromatic nitrogens is 3. The molecule has 1 saturated heterocycles. The van der Waals surface area contributed by atoms with Crippen molar-refractivity contribution < 1.29 is 0 Å². The molecule has 0 radical (unpaired) electrons. The molecule has 4 heterocycles. The summed E-state index contributed by atoms with van der Waals surface area (Å²) in [5.41, 5.74) is 4.70. The van der Waals surface area contributed by atoms with Crippen LogP contribution < -0.4 is 20.8 Å². The Bertz CT molecular complexity index is 1070. The molecule has 0 saturated carbocycles. The summed E-state index contributed by atoms with van der Waals surface area (Å²) in [4.78, 5) is 17.4. The normalized spacial score (nSPS) is 22.1. The van der Waals surface area contributed by atoms with Gasteiger partial charge in [0.05, 0.1) is 24.3 Å². The van der Waals surface area contributed by atoms with Gasteiger partial charge in [0.1, 0.15) is 11.5 Å². The van der Waals surface area contributed by atoms with Crippen molar-refractivity contribution in [3.63, 3.8) is 0 Å². The second-order valence-corrected chi connectivity index (χ2v) is 13.6. The van der Waals surface area contributed by atoms with Crippen molar-refractivity contribution in [2.24, 2.45) is 17.2 Å². The number of nitrogens with one attached hydrogen (secondary N) is 1. The first kappa shape index (κ1) is 28.7. The van der Waals surface area contributed by atoms with Crippen LogP contribution in [0.25, 0.3) is 6.08 Å². The Labute approximate surface area is 237 Å². The number of nitrogens with zero attached hydrogens (tertiary/aromatic N) is 5. The molecular weight excluding hydrogens is 592 g/mol. The quantitative estimate of drug-likeness (QED) is 0.147. The van der Waals surface area contributed by atoms with Crippen LogP contribution in [-0.4, -0.2) is 34.6 Å². The number of nitrogens with two attached hydrogens (primary N) is 1. The molecule has 9 heteroatoms. The van der Waals surface area contributed by atoms with E-state index in [2.05, 4.69) is 78.7 Å². The fourth-order valence-electron chi connectivity index (χ4n) is 5.49. The van der Waals surface area contributed by atoms with E-state index >= 15 is 0 Å². The lowest BCUT2D eigenvalue weighted by atomic mass is 9.75. The van der Waals surface area contributed by atoms with Gasteiger partial charge in [-0.25, -0.2) is 10.8 Å². The molecule has 1 fully saturated rings. The van der Waals surface area contributed by atoms with E-state index in [-0.39, 0.29) is 6.04 Å². The highest BCUT2D eigenvalue weighted by molar-refractivity contribution is 14.2. The highest BCUT2D eigenvalue weighted by Gasteiger charge is 2.32. The Morgan fingerprint density at radius 2 is 2.05 bits per heavy atom. The molecule has 0 aliphatic carbocycles. The number of piperidine rings is 1. The molecule has 3 N–H and O–H groups in total. The van der Waals surface area contributed by atoms with E-state index in [0.29, 0.717) is 17.7 Å². The van der Waals surface area contributed by atoms with E-state index in [1.165, 1.54) is 36.9 Å². The summed E-state index contributed by atoms with van der Waals surface area (Å²) in [5.74, 6) is 9.37. The third kappa shape index (κ3) is 7.00. The molecule has 0 spiro atoms. The Kier molecular flexibility index (Phi) is 9.81. The summed E-state index contributed by atoms with van der Waals surface area (Å²) in [7, 11) is 0. The molecule has 2 aliphatic rings. The molecule has 3 atom stereocenters. The first-order valence-corrected chi connectivity index (χ1v) is 17.7. The minimum absolute atomic E-state index is 0.0265. The maximum atomic E-state index is 6.50. The molecule has 2 aromatic heterocycles. The maximum absolute atomic E-state index is 6.50. The first-order valence-electron chi connectivity index (χ1n) is 13.6. The standard InChI is InChI=1S/C28H43IN7P/c1-6-22-8-7-21-17-23(31-14-10-20(4)25(21)33-22)26-27(36(30)37-29)34-24(18-32-26)35-15-12-28(5,13-16-35)11-9-19(2)3/h6-8,18-20,23,31,37H,1,9-17,30H2,2-5H3/t20-,23?/m0/s1. The molecule has 0 aromatic carbocycles. The van der Waals surface area contributed by atoms with Crippen molar-refractivity contribution >= 4 is 46.1 Å². The molecular formula is C28H43IN7P. The molecule has 7 nitrogen and oxygen atoms in total. The molecule has 0 bridgehead atoms. The number of rotatable bonds is 8. The van der Waals surface area contributed by atoms with Crippen molar-refractivity contribution in [1.82, 2.24) is 20.3 Å². The predicted octanol–water partition coefficient (Wildman–Crippen LogP) is 6.56. The number of hydrogen-bond acceptors (Lipinski definition) is 7. The molecule has 2 unspecified atom stereocenters. The molecule has 202 valence electrons. The number of hydrazine groups is 1. The van der Waals surface area contributed by atoms with Crippen LogP contribution in [0.4, 0.5) is 11.6 Å². The maximum Gasteiger partial charge on any atom is 0.172 e. The van der Waals surface area contributed by atoms with Crippen LogP contribution in [0.1, 0.15) is 94.4 Å². The Hall–Kier alpha value is -1.35. The summed E-state index contributed by atoms with van der Waals surface area (Å²) >= 11 is 2.32. The van der Waals surface area contributed by atoms with Gasteiger partial charge >= 0.3 is 0 Å². The van der Waals surface area contributed by atoms with E-state index < -0.39 is 0 Å². The van der Waals surface area contributed by atoms with Crippen molar-refractivity contribution in [3.05, 3.63) is 47.6 Å². The lowest BCUT2D eigenvalue weighted by Gasteiger charge is -2.40. The predicted molar refractivity (Wildman–Crippen MR) is 166 cm³/mol. The third-order valence-corrected chi connectivity index (χ3v) is 10.1. The SMILES string of the molecule is C=Cc1ccc2c(n1)[C@@H](C)CCNC(c1ncc(N3CCC(C)(CCC(C)C)CC3)nc1N(N)PI)C2. The van der Waals surface area contributed by atoms with Crippen LogP contribution in [0.3, 0.4) is 0 Å². The highest BCUT2D eigenvalue weighted by atomic mass is 127. The zero-order valence-corrected chi connectivity index (χ0v) is 26.0. The lowest BCUT2D eigenvalue weighted by Crippen LogP contribution is -2.40. The zero-order chi connectivity index (χ0) is 26.6. The number of halogens is 1. The number of pyridine rings is 1. The van der Waals surface area contributed by atoms with Gasteiger partial charge in [-0.1, -0.05) is 46.8 Å². The van der Waals surface area contributed by atoms with E-state index in [0.717, 1.165) is 61.4 Å². The fraction of sp³-hybridized carbons (Fsp3) is 0.607. The van der Waals surface area contributed by atoms with Gasteiger partial charge in [0.25, 0.3) is 0 Å².